The van der Waals surface area contributed by atoms with Crippen molar-refractivity contribution in [2.75, 3.05) is 19.8 Å². The molecule has 0 aromatic heterocycles. The number of allylic oxidation sites excluding steroid dienone is 2. The molecule has 4 N–H and O–H groups in total. The Morgan fingerprint density at radius 1 is 0.656 bits per heavy atom. The molecule has 6 rings (SSSR count). The molecule has 0 saturated heterocycles. The van der Waals surface area contributed by atoms with Crippen molar-refractivity contribution in [3.05, 3.63) is 187 Å². The fraction of sp³-hybridized carbons (Fsp3) is 0.283. The lowest BCUT2D eigenvalue weighted by Crippen LogP contribution is -2.47. The third-order valence-corrected chi connectivity index (χ3v) is 11.2. The fourth-order valence-corrected chi connectivity index (χ4v) is 7.87. The van der Waals surface area contributed by atoms with E-state index in [-0.39, 0.29) is 51.4 Å². The minimum atomic E-state index is -1.06. The zero-order valence-corrected chi connectivity index (χ0v) is 36.0. The SMILES string of the molecule is C=CCC[C@H](NC(=O)OCC1c2ccccc2-c2ccccc21)C(=O)OC[C@H](Cc1ccc(OCc2ccccc2)cc1)NC(=O)[C@H](CC=C)CC(=O)N[C@@H](CO)Cc1ccccc1. The van der Waals surface area contributed by atoms with E-state index in [1.54, 1.807) is 12.2 Å². The summed E-state index contributed by atoms with van der Waals surface area (Å²) in [7, 11) is 0. The van der Waals surface area contributed by atoms with Crippen LogP contribution in [0.2, 0.25) is 0 Å². The number of aliphatic hydroxyl groups is 1. The molecule has 1 aliphatic rings. The second kappa shape index (κ2) is 24.0. The van der Waals surface area contributed by atoms with Crippen LogP contribution < -0.4 is 20.7 Å². The van der Waals surface area contributed by atoms with Crippen LogP contribution >= 0.6 is 0 Å². The molecule has 0 heterocycles. The smallest absolute Gasteiger partial charge is 0.407 e. The molecule has 64 heavy (non-hydrogen) atoms. The summed E-state index contributed by atoms with van der Waals surface area (Å²) in [5, 5.41) is 18.6. The maximum atomic E-state index is 14.0. The number of hydrogen-bond donors (Lipinski definition) is 4. The van der Waals surface area contributed by atoms with Gasteiger partial charge in [-0.2, -0.15) is 0 Å². The highest BCUT2D eigenvalue weighted by Crippen LogP contribution is 2.44. The van der Waals surface area contributed by atoms with Gasteiger partial charge < -0.3 is 35.3 Å². The Morgan fingerprint density at radius 2 is 1.25 bits per heavy atom. The van der Waals surface area contributed by atoms with Gasteiger partial charge in [0.15, 0.2) is 0 Å². The summed E-state index contributed by atoms with van der Waals surface area (Å²) in [5.41, 5.74) is 7.14. The van der Waals surface area contributed by atoms with Crippen molar-refractivity contribution in [1.29, 1.82) is 0 Å². The topological polar surface area (TPSA) is 152 Å². The average Bonchev–Trinajstić information content (AvgIpc) is 3.64. The number of carbonyl (C=O) groups excluding carboxylic acids is 4. The van der Waals surface area contributed by atoms with Crippen molar-refractivity contribution < 1.29 is 38.5 Å². The van der Waals surface area contributed by atoms with E-state index in [0.717, 1.165) is 38.9 Å². The van der Waals surface area contributed by atoms with Crippen LogP contribution in [0.3, 0.4) is 0 Å². The highest BCUT2D eigenvalue weighted by Gasteiger charge is 2.31. The van der Waals surface area contributed by atoms with Gasteiger partial charge in [0.25, 0.3) is 0 Å². The zero-order valence-electron chi connectivity index (χ0n) is 36.0. The number of fused-ring (bicyclic) bond motifs is 3. The maximum absolute atomic E-state index is 14.0. The molecule has 0 spiro atoms. The van der Waals surface area contributed by atoms with Gasteiger partial charge in [0.05, 0.1) is 24.6 Å². The Bertz CT molecular complexity index is 2270. The lowest BCUT2D eigenvalue weighted by atomic mass is 9.97. The number of esters is 1. The van der Waals surface area contributed by atoms with Crippen molar-refractivity contribution in [2.24, 2.45) is 5.92 Å². The fourth-order valence-electron chi connectivity index (χ4n) is 7.87. The summed E-state index contributed by atoms with van der Waals surface area (Å²) in [4.78, 5) is 54.3. The van der Waals surface area contributed by atoms with Crippen LogP contribution in [-0.4, -0.2) is 66.9 Å². The number of amides is 3. The summed E-state index contributed by atoms with van der Waals surface area (Å²) in [6.45, 7) is 7.56. The summed E-state index contributed by atoms with van der Waals surface area (Å²) in [6, 6.07) is 40.5. The molecule has 0 radical (unpaired) electrons. The molecule has 0 aliphatic heterocycles. The number of rotatable bonds is 24. The molecular formula is C53H57N3O8. The third kappa shape index (κ3) is 13.5. The highest BCUT2D eigenvalue weighted by atomic mass is 16.6. The molecule has 11 nitrogen and oxygen atoms in total. The highest BCUT2D eigenvalue weighted by molar-refractivity contribution is 5.86. The predicted octanol–water partition coefficient (Wildman–Crippen LogP) is 8.01. The van der Waals surface area contributed by atoms with Crippen LogP contribution in [0, 0.1) is 5.92 Å². The van der Waals surface area contributed by atoms with Crippen molar-refractivity contribution in [3.8, 4) is 16.9 Å². The summed E-state index contributed by atoms with van der Waals surface area (Å²) in [5.74, 6) is -1.81. The number of hydrogen-bond acceptors (Lipinski definition) is 8. The van der Waals surface area contributed by atoms with Crippen LogP contribution in [-0.2, 0) is 43.3 Å². The van der Waals surface area contributed by atoms with E-state index in [1.165, 1.54) is 0 Å². The van der Waals surface area contributed by atoms with Gasteiger partial charge in [-0.1, -0.05) is 133 Å². The summed E-state index contributed by atoms with van der Waals surface area (Å²) < 4.78 is 17.6. The van der Waals surface area contributed by atoms with E-state index in [9.17, 15) is 24.3 Å². The van der Waals surface area contributed by atoms with Gasteiger partial charge in [-0.3, -0.25) is 9.59 Å². The number of carbonyl (C=O) groups is 4. The molecule has 0 saturated carbocycles. The zero-order chi connectivity index (χ0) is 45.1. The number of nitrogens with one attached hydrogen (secondary N) is 3. The molecule has 332 valence electrons. The molecule has 0 unspecified atom stereocenters. The predicted molar refractivity (Wildman–Crippen MR) is 247 cm³/mol. The number of alkyl carbamates (subject to hydrolysis) is 1. The van der Waals surface area contributed by atoms with Gasteiger partial charge in [-0.25, -0.2) is 9.59 Å². The lowest BCUT2D eigenvalue weighted by Gasteiger charge is -2.24. The van der Waals surface area contributed by atoms with Crippen molar-refractivity contribution in [3.63, 3.8) is 0 Å². The number of aliphatic hydroxyl groups excluding tert-OH is 1. The first-order chi connectivity index (χ1) is 31.2. The van der Waals surface area contributed by atoms with Crippen LogP contribution in [0.4, 0.5) is 4.79 Å². The molecule has 3 amide bonds. The molecule has 5 aromatic carbocycles. The monoisotopic (exact) mass is 863 g/mol. The summed E-state index contributed by atoms with van der Waals surface area (Å²) >= 11 is 0. The van der Waals surface area contributed by atoms with Crippen molar-refractivity contribution in [2.45, 2.75) is 69.2 Å². The first-order valence-electron chi connectivity index (χ1n) is 21.7. The van der Waals surface area contributed by atoms with Crippen LogP contribution in [0.15, 0.2) is 159 Å². The maximum Gasteiger partial charge on any atom is 0.407 e. The Kier molecular flexibility index (Phi) is 17.5. The molecule has 11 heteroatoms. The van der Waals surface area contributed by atoms with Crippen molar-refractivity contribution >= 4 is 23.9 Å². The van der Waals surface area contributed by atoms with Gasteiger partial charge in [-0.15, -0.1) is 13.2 Å². The first kappa shape index (κ1) is 46.5. The second-order valence-electron chi connectivity index (χ2n) is 15.9. The van der Waals surface area contributed by atoms with Crippen LogP contribution in [0.5, 0.6) is 5.75 Å². The Labute approximate surface area is 375 Å². The van der Waals surface area contributed by atoms with E-state index in [4.69, 9.17) is 14.2 Å². The first-order valence-corrected chi connectivity index (χ1v) is 21.7. The van der Waals surface area contributed by atoms with Crippen LogP contribution in [0.25, 0.3) is 11.1 Å². The number of ether oxygens (including phenoxy) is 3. The molecule has 5 aromatic rings. The van der Waals surface area contributed by atoms with E-state index < -0.39 is 47.9 Å². The van der Waals surface area contributed by atoms with Gasteiger partial charge >= 0.3 is 12.1 Å². The lowest BCUT2D eigenvalue weighted by molar-refractivity contribution is -0.147. The van der Waals surface area contributed by atoms with Crippen LogP contribution in [0.1, 0.15) is 59.4 Å². The minimum Gasteiger partial charge on any atom is -0.489 e. The molecule has 1 aliphatic carbocycles. The van der Waals surface area contributed by atoms with Gasteiger partial charge in [0, 0.05) is 12.3 Å². The minimum absolute atomic E-state index is 0.0743. The molecule has 4 atom stereocenters. The molecular weight excluding hydrogens is 807 g/mol. The Morgan fingerprint density at radius 3 is 1.88 bits per heavy atom. The Hall–Kier alpha value is -6.98. The van der Waals surface area contributed by atoms with Gasteiger partial charge in [0.1, 0.15) is 31.6 Å². The molecule has 0 bridgehead atoms. The van der Waals surface area contributed by atoms with Gasteiger partial charge in [-0.05, 0) is 83.2 Å². The van der Waals surface area contributed by atoms with Crippen molar-refractivity contribution in [1.82, 2.24) is 16.0 Å². The van der Waals surface area contributed by atoms with E-state index in [1.807, 2.05) is 121 Å². The van der Waals surface area contributed by atoms with E-state index in [0.29, 0.717) is 25.2 Å². The second-order valence-corrected chi connectivity index (χ2v) is 15.9. The molecule has 0 fully saturated rings. The van der Waals surface area contributed by atoms with E-state index in [2.05, 4.69) is 41.2 Å². The number of benzene rings is 5. The normalized spacial score (nSPS) is 13.5. The quantitative estimate of drug-likeness (QED) is 0.0360. The summed E-state index contributed by atoms with van der Waals surface area (Å²) in [6.07, 6.45) is 3.83. The van der Waals surface area contributed by atoms with Gasteiger partial charge in [0.2, 0.25) is 11.8 Å². The standard InChI is InChI=1S/C53H57N3O8/c1-3-5-25-49(56-53(61)64-36-48-46-23-14-12-21-44(46)45-22-13-15-24-47(45)48)52(60)63-35-42(31-38-26-28-43(29-27-38)62-34-39-19-10-7-11-20-39)55-51(59)40(16-4-2)32-50(58)54-41(33-57)30-37-17-8-6-9-18-37/h3-4,6-15,17-24,26-29,40-42,48-49,57H,1-2,5,16,25,30-36H2,(H,54,58)(H,55,59)(H,56,61)/t40-,41-,42+,49+/m1/s1. The Balaban J connectivity index is 1.11. The largest absolute Gasteiger partial charge is 0.489 e. The van der Waals surface area contributed by atoms with E-state index >= 15 is 0 Å². The third-order valence-electron chi connectivity index (χ3n) is 11.2. The average molecular weight is 864 g/mol.